The van der Waals surface area contributed by atoms with Crippen LogP contribution in [0.3, 0.4) is 0 Å². The number of nitrogens with one attached hydrogen (secondary N) is 2. The van der Waals surface area contributed by atoms with Gasteiger partial charge in [0.1, 0.15) is 13.2 Å². The van der Waals surface area contributed by atoms with Gasteiger partial charge in [0.05, 0.1) is 15.9 Å². The lowest BCUT2D eigenvalue weighted by atomic mass is 10.3. The van der Waals surface area contributed by atoms with E-state index in [0.717, 1.165) is 0 Å². The van der Waals surface area contributed by atoms with Crippen LogP contribution in [0.15, 0.2) is 53.4 Å². The molecule has 31 heavy (non-hydrogen) atoms. The number of rotatable bonds is 8. The molecule has 0 aliphatic heterocycles. The first kappa shape index (κ1) is 22.3. The Morgan fingerprint density at radius 1 is 1.13 bits per heavy atom. The fraction of sp³-hybridized carbons (Fsp3) is 0.211. The molecule has 2 aromatic carbocycles. The smallest absolute Gasteiger partial charge is 0.321 e. The van der Waals surface area contributed by atoms with E-state index in [-0.39, 0.29) is 22.1 Å². The molecule has 3 rings (SSSR count). The Kier molecular flexibility index (Phi) is 6.61. The third-order valence-electron chi connectivity index (χ3n) is 4.12. The van der Waals surface area contributed by atoms with Crippen LogP contribution >= 0.6 is 0 Å². The Hall–Kier alpha value is -3.38. The van der Waals surface area contributed by atoms with Crippen LogP contribution in [0.1, 0.15) is 19.3 Å². The molecule has 1 amide bonds. The number of carbonyl (C=O) groups excluding carboxylic acids is 2. The van der Waals surface area contributed by atoms with E-state index in [4.69, 9.17) is 4.74 Å². The van der Waals surface area contributed by atoms with Gasteiger partial charge in [0.15, 0.2) is 5.82 Å². The van der Waals surface area contributed by atoms with Crippen molar-refractivity contribution in [1.29, 1.82) is 0 Å². The number of esters is 1. The molecule has 0 spiro atoms. The molecule has 0 aliphatic rings. The van der Waals surface area contributed by atoms with Crippen LogP contribution in [0.2, 0.25) is 0 Å². The molecule has 0 saturated heterocycles. The Bertz CT molecular complexity index is 1210. The first-order chi connectivity index (χ1) is 14.7. The van der Waals surface area contributed by atoms with Crippen LogP contribution in [-0.4, -0.2) is 36.4 Å². The van der Waals surface area contributed by atoms with Crippen molar-refractivity contribution in [2.24, 2.45) is 0 Å². The molecular weight excluding hydrogens is 434 g/mol. The summed E-state index contributed by atoms with van der Waals surface area (Å²) in [6, 6.07) is 11.5. The molecule has 2 N–H and O–H groups in total. The number of amides is 1. The van der Waals surface area contributed by atoms with Crippen LogP contribution in [0.25, 0.3) is 11.0 Å². The number of hydrogen-bond acceptors (Lipinski definition) is 6. The number of ether oxygens (including phenoxy) is 1. The predicted molar refractivity (Wildman–Crippen MR) is 107 cm³/mol. The maximum absolute atomic E-state index is 13.4. The van der Waals surface area contributed by atoms with E-state index in [1.807, 2.05) is 0 Å². The molecular formula is C19H18F2N4O5S. The van der Waals surface area contributed by atoms with Crippen molar-refractivity contribution in [2.75, 3.05) is 11.9 Å². The zero-order valence-electron chi connectivity index (χ0n) is 16.2. The number of carbonyl (C=O) groups is 2. The summed E-state index contributed by atoms with van der Waals surface area (Å²) in [6.07, 6.45) is 0. The number of anilines is 1. The van der Waals surface area contributed by atoms with E-state index in [1.54, 1.807) is 18.2 Å². The quantitative estimate of drug-likeness (QED) is 0.507. The van der Waals surface area contributed by atoms with Crippen LogP contribution in [0.4, 0.5) is 14.5 Å². The Balaban J connectivity index is 1.61. The Morgan fingerprint density at radius 2 is 1.81 bits per heavy atom. The SMILES string of the molecule is CC(=O)Nc1ccc(S(=O)(=O)NCC(=O)OCc2nc3ccccc3n2C(F)F)cc1. The van der Waals surface area contributed by atoms with Gasteiger partial charge in [0, 0.05) is 12.6 Å². The normalized spacial score (nSPS) is 11.6. The molecule has 0 saturated carbocycles. The maximum atomic E-state index is 13.4. The summed E-state index contributed by atoms with van der Waals surface area (Å²) in [4.78, 5) is 26.8. The second-order valence-corrected chi connectivity index (χ2v) is 8.12. The minimum Gasteiger partial charge on any atom is -0.457 e. The lowest BCUT2D eigenvalue weighted by molar-refractivity contribution is -0.144. The fourth-order valence-electron chi connectivity index (χ4n) is 2.77. The van der Waals surface area contributed by atoms with Crippen molar-refractivity contribution >= 4 is 38.6 Å². The van der Waals surface area contributed by atoms with Crippen molar-refractivity contribution in [2.45, 2.75) is 25.0 Å². The number of fused-ring (bicyclic) bond motifs is 1. The minimum absolute atomic E-state index is 0.131. The third-order valence-corrected chi connectivity index (χ3v) is 5.53. The average Bonchev–Trinajstić information content (AvgIpc) is 3.09. The summed E-state index contributed by atoms with van der Waals surface area (Å²) in [6.45, 7) is -2.83. The van der Waals surface area contributed by atoms with Crippen LogP contribution in [0, 0.1) is 0 Å². The van der Waals surface area contributed by atoms with Crippen LogP contribution < -0.4 is 10.0 Å². The largest absolute Gasteiger partial charge is 0.457 e. The second-order valence-electron chi connectivity index (χ2n) is 6.36. The molecule has 164 valence electrons. The standard InChI is InChI=1S/C19H18F2N4O5S/c1-12(26)23-13-6-8-14(9-7-13)31(28,29)22-10-18(27)30-11-17-24-15-4-2-3-5-16(15)25(17)19(20)21/h2-9,19,22H,10-11H2,1H3,(H,23,26). The second kappa shape index (κ2) is 9.18. The number of sulfonamides is 1. The van der Waals surface area contributed by atoms with Gasteiger partial charge in [-0.05, 0) is 36.4 Å². The highest BCUT2D eigenvalue weighted by atomic mass is 32.2. The summed E-state index contributed by atoms with van der Waals surface area (Å²) in [5.41, 5.74) is 0.914. The number of hydrogen-bond donors (Lipinski definition) is 2. The van der Waals surface area contributed by atoms with Gasteiger partial charge in [0.2, 0.25) is 15.9 Å². The number of imidazole rings is 1. The maximum Gasteiger partial charge on any atom is 0.321 e. The van der Waals surface area contributed by atoms with Crippen molar-refractivity contribution in [1.82, 2.24) is 14.3 Å². The minimum atomic E-state index is -4.03. The highest BCUT2D eigenvalue weighted by Crippen LogP contribution is 2.23. The molecule has 9 nitrogen and oxygen atoms in total. The Labute approximate surface area is 176 Å². The fourth-order valence-corrected chi connectivity index (χ4v) is 3.74. The van der Waals surface area contributed by atoms with E-state index >= 15 is 0 Å². The number of benzene rings is 2. The first-order valence-corrected chi connectivity index (χ1v) is 10.4. The van der Waals surface area contributed by atoms with Crippen molar-refractivity contribution < 1.29 is 31.5 Å². The highest BCUT2D eigenvalue weighted by molar-refractivity contribution is 7.89. The van der Waals surface area contributed by atoms with E-state index in [9.17, 15) is 26.8 Å². The molecule has 0 aliphatic carbocycles. The van der Waals surface area contributed by atoms with Gasteiger partial charge in [0.25, 0.3) is 0 Å². The van der Waals surface area contributed by atoms with Gasteiger partial charge in [-0.3, -0.25) is 14.2 Å². The van der Waals surface area contributed by atoms with E-state index < -0.39 is 35.7 Å². The molecule has 0 fully saturated rings. The Morgan fingerprint density at radius 3 is 2.45 bits per heavy atom. The van der Waals surface area contributed by atoms with E-state index in [0.29, 0.717) is 15.8 Å². The molecule has 0 unspecified atom stereocenters. The van der Waals surface area contributed by atoms with E-state index in [1.165, 1.54) is 37.3 Å². The number of halogens is 2. The molecule has 0 radical (unpaired) electrons. The number of nitrogens with zero attached hydrogens (tertiary/aromatic N) is 2. The molecule has 0 atom stereocenters. The van der Waals surface area contributed by atoms with Crippen molar-refractivity contribution in [3.63, 3.8) is 0 Å². The third kappa shape index (κ3) is 5.41. The van der Waals surface area contributed by atoms with Gasteiger partial charge in [-0.15, -0.1) is 0 Å². The number of para-hydroxylation sites is 2. The summed E-state index contributed by atoms with van der Waals surface area (Å²) < 4.78 is 58.9. The predicted octanol–water partition coefficient (Wildman–Crippen LogP) is 2.41. The molecule has 12 heteroatoms. The first-order valence-electron chi connectivity index (χ1n) is 8.94. The van der Waals surface area contributed by atoms with Gasteiger partial charge in [-0.25, -0.2) is 13.4 Å². The molecule has 0 bridgehead atoms. The zero-order chi connectivity index (χ0) is 22.6. The average molecular weight is 452 g/mol. The van der Waals surface area contributed by atoms with Crippen molar-refractivity contribution in [3.8, 4) is 0 Å². The molecule has 1 aromatic heterocycles. The van der Waals surface area contributed by atoms with Gasteiger partial charge >= 0.3 is 12.5 Å². The zero-order valence-corrected chi connectivity index (χ0v) is 17.0. The lowest BCUT2D eigenvalue weighted by Crippen LogP contribution is -2.30. The van der Waals surface area contributed by atoms with Gasteiger partial charge in [-0.1, -0.05) is 12.1 Å². The summed E-state index contributed by atoms with van der Waals surface area (Å²) in [7, 11) is -4.03. The van der Waals surface area contributed by atoms with Gasteiger partial charge in [-0.2, -0.15) is 13.5 Å². The summed E-state index contributed by atoms with van der Waals surface area (Å²) >= 11 is 0. The topological polar surface area (TPSA) is 119 Å². The molecule has 1 heterocycles. The van der Waals surface area contributed by atoms with E-state index in [2.05, 4.69) is 15.0 Å². The summed E-state index contributed by atoms with van der Waals surface area (Å²) in [5, 5.41) is 2.50. The molecule has 3 aromatic rings. The highest BCUT2D eigenvalue weighted by Gasteiger charge is 2.20. The van der Waals surface area contributed by atoms with Crippen LogP contribution in [0.5, 0.6) is 0 Å². The summed E-state index contributed by atoms with van der Waals surface area (Å²) in [5.74, 6) is -1.44. The monoisotopic (exact) mass is 452 g/mol. The van der Waals surface area contributed by atoms with Gasteiger partial charge < -0.3 is 10.1 Å². The van der Waals surface area contributed by atoms with Crippen molar-refractivity contribution in [3.05, 3.63) is 54.4 Å². The number of alkyl halides is 2. The number of aromatic nitrogens is 2. The van der Waals surface area contributed by atoms with Crippen LogP contribution in [-0.2, 0) is 31.0 Å². The lowest BCUT2D eigenvalue weighted by Gasteiger charge is -2.10.